The fourth-order valence-electron chi connectivity index (χ4n) is 2.58. The third-order valence-electron chi connectivity index (χ3n) is 3.66. The van der Waals surface area contributed by atoms with Crippen LogP contribution in [0.3, 0.4) is 0 Å². The number of hydrogen-bond acceptors (Lipinski definition) is 4. The van der Waals surface area contributed by atoms with E-state index in [4.69, 9.17) is 0 Å². The lowest BCUT2D eigenvalue weighted by Crippen LogP contribution is -2.35. The first-order chi connectivity index (χ1) is 9.69. The lowest BCUT2D eigenvalue weighted by Gasteiger charge is -2.29. The zero-order chi connectivity index (χ0) is 14.4. The van der Waals surface area contributed by atoms with Crippen molar-refractivity contribution in [2.45, 2.75) is 19.8 Å². The van der Waals surface area contributed by atoms with Gasteiger partial charge >= 0.3 is 0 Å². The molecule has 0 spiro atoms. The van der Waals surface area contributed by atoms with E-state index in [9.17, 15) is 4.79 Å². The fourth-order valence-corrected chi connectivity index (χ4v) is 2.58. The Kier molecular flexibility index (Phi) is 5.35. The molecule has 5 heteroatoms. The molecule has 1 fully saturated rings. The number of aromatic nitrogens is 1. The normalized spacial score (nSPS) is 19.6. The summed E-state index contributed by atoms with van der Waals surface area (Å²) in [6.07, 6.45) is 4.17. The minimum absolute atomic E-state index is 0.0690. The van der Waals surface area contributed by atoms with Crippen molar-refractivity contribution in [2.75, 3.05) is 38.5 Å². The molecule has 2 heterocycles. The van der Waals surface area contributed by atoms with E-state index < -0.39 is 0 Å². The first-order valence-electron chi connectivity index (χ1n) is 7.35. The number of rotatable bonds is 5. The zero-order valence-corrected chi connectivity index (χ0v) is 12.4. The number of amides is 1. The highest BCUT2D eigenvalue weighted by molar-refractivity contribution is 5.93. The molecule has 1 unspecified atom stereocenters. The van der Waals surface area contributed by atoms with Gasteiger partial charge in [-0.3, -0.25) is 4.79 Å². The van der Waals surface area contributed by atoms with Crippen molar-refractivity contribution >= 4 is 11.7 Å². The molecule has 0 aromatic carbocycles. The Balaban J connectivity index is 1.83. The van der Waals surface area contributed by atoms with E-state index in [-0.39, 0.29) is 5.91 Å². The number of carbonyl (C=O) groups excluding carboxylic acids is 1. The Morgan fingerprint density at radius 2 is 2.35 bits per heavy atom. The van der Waals surface area contributed by atoms with E-state index in [1.807, 2.05) is 19.1 Å². The van der Waals surface area contributed by atoms with Gasteiger partial charge in [0.25, 0.3) is 5.91 Å². The molecule has 1 amide bonds. The highest BCUT2D eigenvalue weighted by Gasteiger charge is 2.16. The molecule has 1 aromatic rings. The second kappa shape index (κ2) is 7.24. The largest absolute Gasteiger partial charge is 0.370 e. The molecule has 1 atom stereocenters. The second-order valence-corrected chi connectivity index (χ2v) is 5.44. The summed E-state index contributed by atoms with van der Waals surface area (Å²) in [7, 11) is 2.17. The predicted octanol–water partition coefficient (Wildman–Crippen LogP) is 1.58. The SMILES string of the molecule is CCNC(=O)c1ccc(NCC2CCCN(C)C2)nc1. The third-order valence-corrected chi connectivity index (χ3v) is 3.66. The quantitative estimate of drug-likeness (QED) is 0.857. The molecule has 1 aromatic heterocycles. The molecule has 2 rings (SSSR count). The molecular weight excluding hydrogens is 252 g/mol. The van der Waals surface area contributed by atoms with E-state index >= 15 is 0 Å². The summed E-state index contributed by atoms with van der Waals surface area (Å²) < 4.78 is 0. The molecule has 2 N–H and O–H groups in total. The average molecular weight is 276 g/mol. The number of nitrogens with one attached hydrogen (secondary N) is 2. The van der Waals surface area contributed by atoms with Crippen molar-refractivity contribution in [2.24, 2.45) is 5.92 Å². The maximum absolute atomic E-state index is 11.6. The number of nitrogens with zero attached hydrogens (tertiary/aromatic N) is 2. The highest BCUT2D eigenvalue weighted by Crippen LogP contribution is 2.15. The molecule has 0 saturated carbocycles. The van der Waals surface area contributed by atoms with Crippen LogP contribution in [-0.2, 0) is 0 Å². The standard InChI is InChI=1S/C15H24N4O/c1-3-16-15(20)13-6-7-14(18-10-13)17-9-12-5-4-8-19(2)11-12/h6-7,10,12H,3-5,8-9,11H2,1-2H3,(H,16,20)(H,17,18). The molecule has 20 heavy (non-hydrogen) atoms. The third kappa shape index (κ3) is 4.20. The number of likely N-dealkylation sites (tertiary alicyclic amines) is 1. The van der Waals surface area contributed by atoms with E-state index in [1.54, 1.807) is 6.20 Å². The number of anilines is 1. The maximum Gasteiger partial charge on any atom is 0.252 e. The molecule has 1 aliphatic heterocycles. The zero-order valence-electron chi connectivity index (χ0n) is 12.4. The van der Waals surface area contributed by atoms with Gasteiger partial charge in [-0.15, -0.1) is 0 Å². The molecule has 0 aliphatic carbocycles. The van der Waals surface area contributed by atoms with Gasteiger partial charge in [0, 0.05) is 25.8 Å². The summed E-state index contributed by atoms with van der Waals surface area (Å²) in [5.74, 6) is 1.45. The van der Waals surface area contributed by atoms with Gasteiger partial charge < -0.3 is 15.5 Å². The van der Waals surface area contributed by atoms with Gasteiger partial charge in [-0.05, 0) is 51.4 Å². The summed E-state index contributed by atoms with van der Waals surface area (Å²) >= 11 is 0. The van der Waals surface area contributed by atoms with Crippen molar-refractivity contribution in [1.82, 2.24) is 15.2 Å². The minimum Gasteiger partial charge on any atom is -0.370 e. The molecule has 110 valence electrons. The van der Waals surface area contributed by atoms with E-state index in [0.717, 1.165) is 18.9 Å². The Hall–Kier alpha value is -1.62. The van der Waals surface area contributed by atoms with E-state index in [2.05, 4.69) is 27.6 Å². The highest BCUT2D eigenvalue weighted by atomic mass is 16.1. The van der Waals surface area contributed by atoms with Crippen LogP contribution in [0, 0.1) is 5.92 Å². The molecule has 1 aliphatic rings. The Morgan fingerprint density at radius 1 is 1.50 bits per heavy atom. The number of carbonyl (C=O) groups is 1. The van der Waals surface area contributed by atoms with Crippen LogP contribution in [0.4, 0.5) is 5.82 Å². The fraction of sp³-hybridized carbons (Fsp3) is 0.600. The summed E-state index contributed by atoms with van der Waals surface area (Å²) in [4.78, 5) is 18.3. The van der Waals surface area contributed by atoms with Crippen LogP contribution < -0.4 is 10.6 Å². The lowest BCUT2D eigenvalue weighted by atomic mass is 9.98. The Bertz CT molecular complexity index is 432. The predicted molar refractivity (Wildman–Crippen MR) is 81.0 cm³/mol. The lowest BCUT2D eigenvalue weighted by molar-refractivity contribution is 0.0955. The van der Waals surface area contributed by atoms with Crippen molar-refractivity contribution in [3.63, 3.8) is 0 Å². The monoisotopic (exact) mass is 276 g/mol. The van der Waals surface area contributed by atoms with Gasteiger partial charge in [0.2, 0.25) is 0 Å². The molecule has 1 saturated heterocycles. The van der Waals surface area contributed by atoms with E-state index in [0.29, 0.717) is 18.0 Å². The van der Waals surface area contributed by atoms with Crippen molar-refractivity contribution in [3.8, 4) is 0 Å². The minimum atomic E-state index is -0.0690. The summed E-state index contributed by atoms with van der Waals surface area (Å²) in [5.41, 5.74) is 0.606. The second-order valence-electron chi connectivity index (χ2n) is 5.44. The summed E-state index contributed by atoms with van der Waals surface area (Å²) in [6, 6.07) is 3.68. The van der Waals surface area contributed by atoms with Gasteiger partial charge in [0.1, 0.15) is 5.82 Å². The van der Waals surface area contributed by atoms with Crippen LogP contribution in [0.2, 0.25) is 0 Å². The van der Waals surface area contributed by atoms with Crippen molar-refractivity contribution in [3.05, 3.63) is 23.9 Å². The summed E-state index contributed by atoms with van der Waals surface area (Å²) in [5, 5.41) is 6.13. The maximum atomic E-state index is 11.6. The number of hydrogen-bond donors (Lipinski definition) is 2. The Morgan fingerprint density at radius 3 is 3.00 bits per heavy atom. The Labute approximate surface area is 120 Å². The number of piperidine rings is 1. The first-order valence-corrected chi connectivity index (χ1v) is 7.35. The van der Waals surface area contributed by atoms with Crippen LogP contribution in [0.5, 0.6) is 0 Å². The molecule has 5 nitrogen and oxygen atoms in total. The van der Waals surface area contributed by atoms with E-state index in [1.165, 1.54) is 19.4 Å². The van der Waals surface area contributed by atoms with Crippen LogP contribution in [0.15, 0.2) is 18.3 Å². The smallest absolute Gasteiger partial charge is 0.252 e. The molecule has 0 bridgehead atoms. The van der Waals surface area contributed by atoms with Crippen LogP contribution in [-0.4, -0.2) is 49.0 Å². The van der Waals surface area contributed by atoms with Crippen molar-refractivity contribution in [1.29, 1.82) is 0 Å². The molecular formula is C15H24N4O. The van der Waals surface area contributed by atoms with Gasteiger partial charge in [-0.1, -0.05) is 0 Å². The van der Waals surface area contributed by atoms with Gasteiger partial charge in [-0.2, -0.15) is 0 Å². The summed E-state index contributed by atoms with van der Waals surface area (Å²) in [6.45, 7) is 5.83. The van der Waals surface area contributed by atoms with Crippen molar-refractivity contribution < 1.29 is 4.79 Å². The number of pyridine rings is 1. The average Bonchev–Trinajstić information content (AvgIpc) is 2.46. The van der Waals surface area contributed by atoms with Gasteiger partial charge in [-0.25, -0.2) is 4.98 Å². The van der Waals surface area contributed by atoms with Crippen LogP contribution in [0.1, 0.15) is 30.1 Å². The molecule has 0 radical (unpaired) electrons. The van der Waals surface area contributed by atoms with Crippen LogP contribution in [0.25, 0.3) is 0 Å². The van der Waals surface area contributed by atoms with Gasteiger partial charge in [0.15, 0.2) is 0 Å². The van der Waals surface area contributed by atoms with Crippen LogP contribution >= 0.6 is 0 Å². The van der Waals surface area contributed by atoms with Gasteiger partial charge in [0.05, 0.1) is 5.56 Å². The topological polar surface area (TPSA) is 57.3 Å². The first kappa shape index (κ1) is 14.8.